The van der Waals surface area contributed by atoms with Crippen LogP contribution in [0.4, 0.5) is 24.8 Å². The van der Waals surface area contributed by atoms with Gasteiger partial charge in [-0.2, -0.15) is 13.2 Å². The van der Waals surface area contributed by atoms with Crippen molar-refractivity contribution in [3.8, 4) is 0 Å². The van der Waals surface area contributed by atoms with Crippen molar-refractivity contribution >= 4 is 17.5 Å². The highest BCUT2D eigenvalue weighted by atomic mass is 19.4. The molecule has 1 aliphatic heterocycles. The van der Waals surface area contributed by atoms with Gasteiger partial charge in [0, 0.05) is 33.3 Å². The molecule has 2 heterocycles. The Kier molecular flexibility index (Phi) is 3.69. The zero-order valence-electron chi connectivity index (χ0n) is 11.0. The highest BCUT2D eigenvalue weighted by Gasteiger charge is 2.36. The highest BCUT2D eigenvalue weighted by molar-refractivity contribution is 5.82. The molecule has 110 valence electrons. The van der Waals surface area contributed by atoms with Crippen LogP contribution in [0, 0.1) is 0 Å². The Balaban J connectivity index is 2.34. The molecule has 1 aromatic rings. The third-order valence-electron chi connectivity index (χ3n) is 3.00. The summed E-state index contributed by atoms with van der Waals surface area (Å²) in [5.74, 6) is -1.22. The van der Waals surface area contributed by atoms with Gasteiger partial charge in [-0.15, -0.1) is 0 Å². The predicted molar refractivity (Wildman–Crippen MR) is 66.4 cm³/mol. The lowest BCUT2D eigenvalue weighted by Crippen LogP contribution is -2.49. The first kappa shape index (κ1) is 14.4. The second-order valence-corrected chi connectivity index (χ2v) is 4.42. The highest BCUT2D eigenvalue weighted by Crippen LogP contribution is 2.29. The van der Waals surface area contributed by atoms with Gasteiger partial charge in [0.05, 0.1) is 6.54 Å². The number of carbonyl (C=O) groups is 1. The van der Waals surface area contributed by atoms with Gasteiger partial charge >= 0.3 is 6.18 Å². The Morgan fingerprint density at radius 3 is 2.55 bits per heavy atom. The maximum atomic E-state index is 12.7. The van der Waals surface area contributed by atoms with Gasteiger partial charge in [0.15, 0.2) is 0 Å². The molecule has 0 unspecified atom stereocenters. The summed E-state index contributed by atoms with van der Waals surface area (Å²) in [5, 5.41) is 2.57. The Labute approximate surface area is 113 Å². The Hall–Kier alpha value is -2.06. The fourth-order valence-corrected chi connectivity index (χ4v) is 1.81. The number of anilines is 2. The van der Waals surface area contributed by atoms with Crippen LogP contribution in [0.15, 0.2) is 6.07 Å². The van der Waals surface area contributed by atoms with Gasteiger partial charge in [0.2, 0.25) is 11.7 Å². The number of piperazine rings is 1. The maximum absolute atomic E-state index is 12.7. The summed E-state index contributed by atoms with van der Waals surface area (Å²) in [4.78, 5) is 21.6. The summed E-state index contributed by atoms with van der Waals surface area (Å²) >= 11 is 0. The summed E-state index contributed by atoms with van der Waals surface area (Å²) < 4.78 is 38.2. The number of hydrogen-bond acceptors (Lipinski definition) is 5. The van der Waals surface area contributed by atoms with Crippen LogP contribution in [0.25, 0.3) is 0 Å². The minimum Gasteiger partial charge on any atom is -0.373 e. The monoisotopic (exact) mass is 289 g/mol. The molecule has 1 amide bonds. The van der Waals surface area contributed by atoms with E-state index < -0.39 is 12.0 Å². The minimum atomic E-state index is -4.63. The average Bonchev–Trinajstić information content (AvgIpc) is 2.40. The van der Waals surface area contributed by atoms with Gasteiger partial charge in [-0.05, 0) is 0 Å². The number of alkyl halides is 3. The van der Waals surface area contributed by atoms with Gasteiger partial charge in [0.1, 0.15) is 11.6 Å². The first-order chi connectivity index (χ1) is 9.31. The standard InChI is InChI=1S/C11H14F3N5O/c1-15-7-5-8(17-10(16-7)11(12,13)14)19-4-3-18(2)9(20)6-19/h5H,3-4,6H2,1-2H3,(H,15,16,17). The van der Waals surface area contributed by atoms with Gasteiger partial charge in [-0.1, -0.05) is 0 Å². The molecule has 0 aromatic carbocycles. The normalized spacial score (nSPS) is 16.6. The van der Waals surface area contributed by atoms with Gasteiger partial charge in [-0.3, -0.25) is 4.79 Å². The number of rotatable bonds is 2. The molecular formula is C11H14F3N5O. The summed E-state index contributed by atoms with van der Waals surface area (Å²) in [6.45, 7) is 0.882. The summed E-state index contributed by atoms with van der Waals surface area (Å²) in [7, 11) is 3.13. The van der Waals surface area contributed by atoms with E-state index >= 15 is 0 Å². The van der Waals surface area contributed by atoms with Crippen LogP contribution in [-0.2, 0) is 11.0 Å². The Morgan fingerprint density at radius 1 is 1.30 bits per heavy atom. The SMILES string of the molecule is CNc1cc(N2CCN(C)C(=O)C2)nc(C(F)(F)F)n1. The molecule has 1 aromatic heterocycles. The van der Waals surface area contributed by atoms with Crippen LogP contribution >= 0.6 is 0 Å². The minimum absolute atomic E-state index is 0.00790. The number of nitrogens with zero attached hydrogens (tertiary/aromatic N) is 4. The fraction of sp³-hybridized carbons (Fsp3) is 0.545. The predicted octanol–water partition coefficient (Wildman–Crippen LogP) is 0.815. The first-order valence-corrected chi connectivity index (χ1v) is 5.94. The van der Waals surface area contributed by atoms with E-state index in [4.69, 9.17) is 0 Å². The quantitative estimate of drug-likeness (QED) is 0.873. The van der Waals surface area contributed by atoms with E-state index in [1.807, 2.05) is 0 Å². The molecule has 0 saturated carbocycles. The number of likely N-dealkylation sites (N-methyl/N-ethyl adjacent to an activating group) is 1. The van der Waals surface area contributed by atoms with Crippen molar-refractivity contribution in [3.63, 3.8) is 0 Å². The lowest BCUT2D eigenvalue weighted by atomic mass is 10.3. The second kappa shape index (κ2) is 5.14. The second-order valence-electron chi connectivity index (χ2n) is 4.42. The summed E-state index contributed by atoms with van der Waals surface area (Å²) in [6, 6.07) is 1.40. The van der Waals surface area contributed by atoms with E-state index in [0.29, 0.717) is 13.1 Å². The Morgan fingerprint density at radius 2 is 2.00 bits per heavy atom. The van der Waals surface area contributed by atoms with Crippen LogP contribution in [0.5, 0.6) is 0 Å². The number of aromatic nitrogens is 2. The molecule has 0 aliphatic carbocycles. The summed E-state index contributed by atoms with van der Waals surface area (Å²) in [5.41, 5.74) is 0. The molecule has 0 radical (unpaired) electrons. The molecule has 9 heteroatoms. The van der Waals surface area contributed by atoms with E-state index in [9.17, 15) is 18.0 Å². The van der Waals surface area contributed by atoms with Crippen molar-refractivity contribution in [1.82, 2.24) is 14.9 Å². The number of halogens is 3. The molecule has 0 atom stereocenters. The third kappa shape index (κ3) is 2.91. The van der Waals surface area contributed by atoms with Gasteiger partial charge in [-0.25, -0.2) is 9.97 Å². The molecule has 0 spiro atoms. The smallest absolute Gasteiger partial charge is 0.373 e. The van der Waals surface area contributed by atoms with E-state index in [0.717, 1.165) is 0 Å². The molecular weight excluding hydrogens is 275 g/mol. The van der Waals surface area contributed by atoms with Crippen LogP contribution in [0.2, 0.25) is 0 Å². The number of nitrogens with one attached hydrogen (secondary N) is 1. The number of carbonyl (C=O) groups excluding carboxylic acids is 1. The van der Waals surface area contributed by atoms with E-state index in [1.54, 1.807) is 7.05 Å². The molecule has 1 N–H and O–H groups in total. The molecule has 1 fully saturated rings. The van der Waals surface area contributed by atoms with Crippen LogP contribution in [0.1, 0.15) is 5.82 Å². The number of hydrogen-bond donors (Lipinski definition) is 1. The van der Waals surface area contributed by atoms with Crippen molar-refractivity contribution in [2.75, 3.05) is 43.9 Å². The van der Waals surface area contributed by atoms with E-state index in [2.05, 4.69) is 15.3 Å². The first-order valence-electron chi connectivity index (χ1n) is 5.94. The topological polar surface area (TPSA) is 61.4 Å². The third-order valence-corrected chi connectivity index (χ3v) is 3.00. The van der Waals surface area contributed by atoms with Crippen molar-refractivity contribution in [2.24, 2.45) is 0 Å². The zero-order chi connectivity index (χ0) is 14.9. The van der Waals surface area contributed by atoms with Gasteiger partial charge in [0.25, 0.3) is 0 Å². The van der Waals surface area contributed by atoms with Crippen LogP contribution in [-0.4, -0.2) is 54.5 Å². The van der Waals surface area contributed by atoms with Crippen molar-refractivity contribution in [2.45, 2.75) is 6.18 Å². The molecule has 1 saturated heterocycles. The average molecular weight is 289 g/mol. The molecule has 1 aliphatic rings. The molecule has 2 rings (SSSR count). The van der Waals surface area contributed by atoms with Crippen LogP contribution < -0.4 is 10.2 Å². The molecule has 0 bridgehead atoms. The zero-order valence-corrected chi connectivity index (χ0v) is 11.0. The number of amides is 1. The molecule has 6 nitrogen and oxygen atoms in total. The van der Waals surface area contributed by atoms with Crippen LogP contribution in [0.3, 0.4) is 0 Å². The maximum Gasteiger partial charge on any atom is 0.451 e. The molecule has 20 heavy (non-hydrogen) atoms. The van der Waals surface area contributed by atoms with Gasteiger partial charge < -0.3 is 15.1 Å². The summed E-state index contributed by atoms with van der Waals surface area (Å²) in [6.07, 6.45) is -4.63. The van der Waals surface area contributed by atoms with Crippen molar-refractivity contribution < 1.29 is 18.0 Å². The largest absolute Gasteiger partial charge is 0.451 e. The lowest BCUT2D eigenvalue weighted by Gasteiger charge is -2.33. The van der Waals surface area contributed by atoms with Crippen molar-refractivity contribution in [3.05, 3.63) is 11.9 Å². The fourth-order valence-electron chi connectivity index (χ4n) is 1.81. The Bertz CT molecular complexity index is 519. The van der Waals surface area contributed by atoms with E-state index in [1.165, 1.54) is 22.9 Å². The van der Waals surface area contributed by atoms with E-state index in [-0.39, 0.29) is 24.1 Å². The van der Waals surface area contributed by atoms with Crippen molar-refractivity contribution in [1.29, 1.82) is 0 Å². The lowest BCUT2D eigenvalue weighted by molar-refractivity contribution is -0.144.